The molecule has 1 aromatic carbocycles. The van der Waals surface area contributed by atoms with E-state index in [0.29, 0.717) is 5.69 Å². The van der Waals surface area contributed by atoms with Crippen molar-refractivity contribution in [3.63, 3.8) is 0 Å². The van der Waals surface area contributed by atoms with Crippen molar-refractivity contribution in [2.24, 2.45) is 0 Å². The molecule has 1 aromatic heterocycles. The van der Waals surface area contributed by atoms with Gasteiger partial charge in [-0.2, -0.15) is 0 Å². The summed E-state index contributed by atoms with van der Waals surface area (Å²) in [6.07, 6.45) is 1.83. The topological polar surface area (TPSA) is 48.1 Å². The lowest BCUT2D eigenvalue weighted by Crippen LogP contribution is -1.93. The van der Waals surface area contributed by atoms with Crippen LogP contribution in [-0.2, 0) is 0 Å². The highest BCUT2D eigenvalue weighted by atomic mass is 16.5. The van der Waals surface area contributed by atoms with Gasteiger partial charge < -0.3 is 10.5 Å². The van der Waals surface area contributed by atoms with Crippen molar-refractivity contribution in [1.29, 1.82) is 0 Å². The van der Waals surface area contributed by atoms with E-state index in [2.05, 4.69) is 4.98 Å². The van der Waals surface area contributed by atoms with Gasteiger partial charge in [0.15, 0.2) is 0 Å². The van der Waals surface area contributed by atoms with E-state index in [1.54, 1.807) is 7.11 Å². The van der Waals surface area contributed by atoms with Crippen LogP contribution < -0.4 is 10.5 Å². The molecule has 2 aromatic rings. The molecule has 0 amide bonds. The predicted octanol–water partition coefficient (Wildman–Crippen LogP) is 2.65. The van der Waals surface area contributed by atoms with Crippen LogP contribution in [0.15, 0.2) is 36.5 Å². The molecule has 0 saturated carbocycles. The molecule has 16 heavy (non-hydrogen) atoms. The summed E-state index contributed by atoms with van der Waals surface area (Å²) in [4.78, 5) is 4.24. The van der Waals surface area contributed by atoms with Crippen molar-refractivity contribution >= 4 is 5.69 Å². The Morgan fingerprint density at radius 2 is 1.81 bits per heavy atom. The van der Waals surface area contributed by atoms with E-state index < -0.39 is 0 Å². The second kappa shape index (κ2) is 4.23. The molecule has 0 aliphatic heterocycles. The maximum atomic E-state index is 5.83. The van der Waals surface area contributed by atoms with Crippen LogP contribution in [-0.4, -0.2) is 12.1 Å². The summed E-state index contributed by atoms with van der Waals surface area (Å²) in [7, 11) is 1.65. The van der Waals surface area contributed by atoms with Crippen LogP contribution in [0.5, 0.6) is 5.75 Å². The Hall–Kier alpha value is -2.03. The smallest absolute Gasteiger partial charge is 0.118 e. The summed E-state index contributed by atoms with van der Waals surface area (Å²) >= 11 is 0. The van der Waals surface area contributed by atoms with E-state index in [1.807, 2.05) is 43.5 Å². The van der Waals surface area contributed by atoms with Gasteiger partial charge in [-0.25, -0.2) is 0 Å². The highest BCUT2D eigenvalue weighted by Gasteiger charge is 2.01. The number of benzene rings is 1. The summed E-state index contributed by atoms with van der Waals surface area (Å²) in [6.45, 7) is 1.90. The van der Waals surface area contributed by atoms with Gasteiger partial charge in [-0.3, -0.25) is 4.98 Å². The third-order valence-electron chi connectivity index (χ3n) is 2.55. The van der Waals surface area contributed by atoms with Crippen LogP contribution in [0.4, 0.5) is 5.69 Å². The summed E-state index contributed by atoms with van der Waals surface area (Å²) in [5, 5.41) is 0. The van der Waals surface area contributed by atoms with Crippen molar-refractivity contribution in [3.05, 3.63) is 42.2 Å². The first-order chi connectivity index (χ1) is 7.70. The number of rotatable bonds is 2. The molecule has 0 fully saturated rings. The molecular weight excluding hydrogens is 200 g/mol. The van der Waals surface area contributed by atoms with Gasteiger partial charge in [0, 0.05) is 11.8 Å². The zero-order valence-corrected chi connectivity index (χ0v) is 9.40. The van der Waals surface area contributed by atoms with Gasteiger partial charge in [0.1, 0.15) is 5.75 Å². The average molecular weight is 214 g/mol. The molecule has 82 valence electrons. The van der Waals surface area contributed by atoms with Gasteiger partial charge in [0.25, 0.3) is 0 Å². The second-order valence-corrected chi connectivity index (χ2v) is 3.63. The number of ether oxygens (including phenoxy) is 1. The molecule has 0 aliphatic carbocycles. The maximum Gasteiger partial charge on any atom is 0.118 e. The Kier molecular flexibility index (Phi) is 2.77. The SMILES string of the molecule is COc1ccc(-c2cnc(C)c(N)c2)cc1. The fourth-order valence-electron chi connectivity index (χ4n) is 1.49. The van der Waals surface area contributed by atoms with Crippen molar-refractivity contribution in [1.82, 2.24) is 4.98 Å². The van der Waals surface area contributed by atoms with E-state index in [4.69, 9.17) is 10.5 Å². The molecule has 0 saturated heterocycles. The van der Waals surface area contributed by atoms with Crippen LogP contribution in [0, 0.1) is 6.92 Å². The molecular formula is C13H14N2O. The Morgan fingerprint density at radius 1 is 1.12 bits per heavy atom. The van der Waals surface area contributed by atoms with Gasteiger partial charge in [-0.05, 0) is 30.7 Å². The van der Waals surface area contributed by atoms with Crippen LogP contribution in [0.2, 0.25) is 0 Å². The fraction of sp³-hybridized carbons (Fsp3) is 0.154. The number of methoxy groups -OCH3 is 1. The molecule has 3 nitrogen and oxygen atoms in total. The number of hydrogen-bond acceptors (Lipinski definition) is 3. The normalized spacial score (nSPS) is 10.1. The molecule has 0 aliphatic rings. The summed E-state index contributed by atoms with van der Waals surface area (Å²) in [5.74, 6) is 0.844. The molecule has 1 heterocycles. The fourth-order valence-corrected chi connectivity index (χ4v) is 1.49. The number of nitrogens with two attached hydrogens (primary N) is 1. The van der Waals surface area contributed by atoms with E-state index in [-0.39, 0.29) is 0 Å². The lowest BCUT2D eigenvalue weighted by Gasteiger charge is -2.05. The minimum absolute atomic E-state index is 0.716. The first kappa shape index (κ1) is 10.5. The Bertz CT molecular complexity index is 492. The summed E-state index contributed by atoms with van der Waals surface area (Å²) in [6, 6.07) is 9.76. The van der Waals surface area contributed by atoms with Crippen molar-refractivity contribution < 1.29 is 4.74 Å². The molecule has 2 N–H and O–H groups in total. The van der Waals surface area contributed by atoms with Crippen LogP contribution in [0.3, 0.4) is 0 Å². The maximum absolute atomic E-state index is 5.83. The average Bonchev–Trinajstić information content (AvgIpc) is 2.33. The zero-order chi connectivity index (χ0) is 11.5. The van der Waals surface area contributed by atoms with Gasteiger partial charge in [-0.15, -0.1) is 0 Å². The second-order valence-electron chi connectivity index (χ2n) is 3.63. The summed E-state index contributed by atoms with van der Waals surface area (Å²) < 4.78 is 5.11. The number of nitrogen functional groups attached to an aromatic ring is 1. The van der Waals surface area contributed by atoms with Gasteiger partial charge in [0.2, 0.25) is 0 Å². The van der Waals surface area contributed by atoms with E-state index in [9.17, 15) is 0 Å². The molecule has 3 heteroatoms. The lowest BCUT2D eigenvalue weighted by molar-refractivity contribution is 0.415. The number of anilines is 1. The third-order valence-corrected chi connectivity index (χ3v) is 2.55. The van der Waals surface area contributed by atoms with Crippen molar-refractivity contribution in [2.45, 2.75) is 6.92 Å². The monoisotopic (exact) mass is 214 g/mol. The van der Waals surface area contributed by atoms with Gasteiger partial charge in [-0.1, -0.05) is 12.1 Å². The molecule has 0 atom stereocenters. The molecule has 0 spiro atoms. The highest BCUT2D eigenvalue weighted by molar-refractivity contribution is 5.67. The highest BCUT2D eigenvalue weighted by Crippen LogP contribution is 2.24. The third kappa shape index (κ3) is 1.98. The number of aryl methyl sites for hydroxylation is 1. The standard InChI is InChI=1S/C13H14N2O/c1-9-13(14)7-11(8-15-9)10-3-5-12(16-2)6-4-10/h3-8H,14H2,1-2H3. The zero-order valence-electron chi connectivity index (χ0n) is 9.40. The van der Waals surface area contributed by atoms with Crippen molar-refractivity contribution in [2.75, 3.05) is 12.8 Å². The quantitative estimate of drug-likeness (QED) is 0.836. The molecule has 2 rings (SSSR count). The van der Waals surface area contributed by atoms with Crippen LogP contribution in [0.1, 0.15) is 5.69 Å². The lowest BCUT2D eigenvalue weighted by atomic mass is 10.1. The Labute approximate surface area is 94.9 Å². The number of nitrogens with zero attached hydrogens (tertiary/aromatic N) is 1. The van der Waals surface area contributed by atoms with Crippen molar-refractivity contribution in [3.8, 4) is 16.9 Å². The summed E-state index contributed by atoms with van der Waals surface area (Å²) in [5.41, 5.74) is 9.50. The number of aromatic nitrogens is 1. The van der Waals surface area contributed by atoms with E-state index >= 15 is 0 Å². The van der Waals surface area contributed by atoms with Gasteiger partial charge >= 0.3 is 0 Å². The van der Waals surface area contributed by atoms with Gasteiger partial charge in [0.05, 0.1) is 18.5 Å². The first-order valence-corrected chi connectivity index (χ1v) is 5.07. The van der Waals surface area contributed by atoms with Crippen LogP contribution in [0.25, 0.3) is 11.1 Å². The van der Waals surface area contributed by atoms with E-state index in [1.165, 1.54) is 0 Å². The number of pyridine rings is 1. The Morgan fingerprint density at radius 3 is 2.38 bits per heavy atom. The largest absolute Gasteiger partial charge is 0.497 e. The minimum atomic E-state index is 0.716. The Balaban J connectivity index is 2.38. The first-order valence-electron chi connectivity index (χ1n) is 5.07. The molecule has 0 bridgehead atoms. The van der Waals surface area contributed by atoms with Crippen LogP contribution >= 0.6 is 0 Å². The number of hydrogen-bond donors (Lipinski definition) is 1. The molecule has 0 unspecified atom stereocenters. The van der Waals surface area contributed by atoms with E-state index in [0.717, 1.165) is 22.6 Å². The molecule has 0 radical (unpaired) electrons. The predicted molar refractivity (Wildman–Crippen MR) is 65.4 cm³/mol. The minimum Gasteiger partial charge on any atom is -0.497 e.